The third-order valence-corrected chi connectivity index (χ3v) is 5.68. The molecule has 9 heteroatoms. The second-order valence-electron chi connectivity index (χ2n) is 6.54. The van der Waals surface area contributed by atoms with Crippen molar-refractivity contribution in [3.05, 3.63) is 74.9 Å². The number of thiophene rings is 1. The Labute approximate surface area is 169 Å². The molecule has 150 valence electrons. The molecule has 0 fully saturated rings. The number of hydrogen-bond donors (Lipinski definition) is 1. The summed E-state index contributed by atoms with van der Waals surface area (Å²) in [5.41, 5.74) is 0.310. The minimum atomic E-state index is -0.469. The quantitative estimate of drug-likeness (QED) is 0.463. The average molecular weight is 413 g/mol. The smallest absolute Gasteiger partial charge is 0.348 e. The van der Waals surface area contributed by atoms with E-state index >= 15 is 0 Å². The first-order valence-corrected chi connectivity index (χ1v) is 9.74. The third-order valence-electron chi connectivity index (χ3n) is 4.51. The van der Waals surface area contributed by atoms with Crippen LogP contribution in [0.4, 0.5) is 0 Å². The number of aryl methyl sites for hydroxylation is 1. The van der Waals surface area contributed by atoms with E-state index in [0.29, 0.717) is 46.1 Å². The zero-order chi connectivity index (χ0) is 20.4. The molecule has 4 aromatic rings. The number of esters is 1. The van der Waals surface area contributed by atoms with Crippen LogP contribution in [-0.2, 0) is 24.4 Å². The number of nitrogens with one attached hydrogen (secondary N) is 1. The highest BCUT2D eigenvalue weighted by molar-refractivity contribution is 7.20. The lowest BCUT2D eigenvalue weighted by Gasteiger charge is -2.19. The van der Waals surface area contributed by atoms with E-state index in [2.05, 4.69) is 9.97 Å². The Morgan fingerprint density at radius 1 is 1.17 bits per heavy atom. The maximum Gasteiger partial charge on any atom is 0.348 e. The minimum Gasteiger partial charge on any atom is -0.468 e. The monoisotopic (exact) mass is 413 g/mol. The standard InChI is InChI=1S/C20H19N3O5S/c1-12-16-18(24)21-15(22-19(16)29-17(12)20(25)26-2)11-23(9-13-5-3-7-27-13)10-14-6-4-8-28-14/h3-8H,9-11H2,1-2H3,(H,21,22,24). The number of aromatic amines is 1. The van der Waals surface area contributed by atoms with Crippen LogP contribution in [-0.4, -0.2) is 27.9 Å². The summed E-state index contributed by atoms with van der Waals surface area (Å²) in [6.07, 6.45) is 3.24. The second kappa shape index (κ2) is 8.06. The van der Waals surface area contributed by atoms with Crippen LogP contribution in [0.1, 0.15) is 32.6 Å². The molecule has 0 saturated carbocycles. The van der Waals surface area contributed by atoms with E-state index in [1.165, 1.54) is 7.11 Å². The van der Waals surface area contributed by atoms with E-state index in [1.807, 2.05) is 29.2 Å². The Balaban J connectivity index is 1.66. The molecule has 0 atom stereocenters. The van der Waals surface area contributed by atoms with Crippen LogP contribution in [0.15, 0.2) is 50.4 Å². The molecule has 1 N–H and O–H groups in total. The molecule has 4 heterocycles. The van der Waals surface area contributed by atoms with Gasteiger partial charge in [0.2, 0.25) is 0 Å². The number of furan rings is 2. The zero-order valence-electron chi connectivity index (χ0n) is 15.9. The predicted molar refractivity (Wildman–Crippen MR) is 107 cm³/mol. The van der Waals surface area contributed by atoms with Gasteiger partial charge in [-0.1, -0.05) is 0 Å². The van der Waals surface area contributed by atoms with E-state index in [1.54, 1.807) is 19.5 Å². The first-order chi connectivity index (χ1) is 14.0. The molecule has 0 amide bonds. The molecule has 0 aromatic carbocycles. The van der Waals surface area contributed by atoms with Gasteiger partial charge in [0.05, 0.1) is 44.7 Å². The SMILES string of the molecule is COC(=O)c1sc2nc(CN(Cc3ccco3)Cc3ccco3)[nH]c(=O)c2c1C. The third kappa shape index (κ3) is 4.01. The normalized spacial score (nSPS) is 11.4. The molecule has 0 aliphatic rings. The van der Waals surface area contributed by atoms with Gasteiger partial charge in [0, 0.05) is 0 Å². The Hall–Kier alpha value is -3.17. The van der Waals surface area contributed by atoms with Crippen molar-refractivity contribution < 1.29 is 18.4 Å². The van der Waals surface area contributed by atoms with E-state index in [0.717, 1.165) is 22.9 Å². The molecule has 0 aliphatic heterocycles. The summed E-state index contributed by atoms with van der Waals surface area (Å²) in [5, 5.41) is 0.419. The Bertz CT molecular complexity index is 1140. The minimum absolute atomic E-state index is 0.273. The van der Waals surface area contributed by atoms with Gasteiger partial charge in [-0.15, -0.1) is 11.3 Å². The number of nitrogens with zero attached hydrogens (tertiary/aromatic N) is 2. The van der Waals surface area contributed by atoms with Crippen LogP contribution in [0.25, 0.3) is 10.2 Å². The lowest BCUT2D eigenvalue weighted by Crippen LogP contribution is -2.25. The second-order valence-corrected chi connectivity index (χ2v) is 7.54. The fourth-order valence-electron chi connectivity index (χ4n) is 3.18. The molecule has 4 aromatic heterocycles. The number of carbonyl (C=O) groups is 1. The van der Waals surface area contributed by atoms with Crippen molar-refractivity contribution in [2.75, 3.05) is 7.11 Å². The fraction of sp³-hybridized carbons (Fsp3) is 0.250. The topological polar surface area (TPSA) is 102 Å². The molecule has 29 heavy (non-hydrogen) atoms. The van der Waals surface area contributed by atoms with Gasteiger partial charge < -0.3 is 18.6 Å². The Morgan fingerprint density at radius 2 is 1.83 bits per heavy atom. The summed E-state index contributed by atoms with van der Waals surface area (Å²) in [6, 6.07) is 7.43. The van der Waals surface area contributed by atoms with Crippen LogP contribution < -0.4 is 5.56 Å². The van der Waals surface area contributed by atoms with Crippen molar-refractivity contribution in [2.24, 2.45) is 0 Å². The van der Waals surface area contributed by atoms with Crippen LogP contribution >= 0.6 is 11.3 Å². The summed E-state index contributed by atoms with van der Waals surface area (Å²) in [4.78, 5) is 35.0. The van der Waals surface area contributed by atoms with Crippen molar-refractivity contribution >= 4 is 27.5 Å². The summed E-state index contributed by atoms with van der Waals surface area (Å²) < 4.78 is 15.7. The van der Waals surface area contributed by atoms with E-state index in [-0.39, 0.29) is 5.56 Å². The number of hydrogen-bond acceptors (Lipinski definition) is 8. The molecule has 0 spiro atoms. The average Bonchev–Trinajstić information content (AvgIpc) is 3.43. The number of ether oxygens (including phenoxy) is 1. The maximum absolute atomic E-state index is 12.7. The summed E-state index contributed by atoms with van der Waals surface area (Å²) in [7, 11) is 1.32. The Morgan fingerprint density at radius 3 is 2.38 bits per heavy atom. The van der Waals surface area contributed by atoms with Crippen molar-refractivity contribution in [3.63, 3.8) is 0 Å². The van der Waals surface area contributed by atoms with Gasteiger partial charge in [0.15, 0.2) is 0 Å². The first kappa shape index (κ1) is 19.2. The molecular formula is C20H19N3O5S. The lowest BCUT2D eigenvalue weighted by molar-refractivity contribution is 0.0605. The highest BCUT2D eigenvalue weighted by Crippen LogP contribution is 2.27. The summed E-state index contributed by atoms with van der Waals surface area (Å²) in [6.45, 7) is 3.14. The van der Waals surface area contributed by atoms with Gasteiger partial charge in [-0.2, -0.15) is 0 Å². The van der Waals surface area contributed by atoms with Crippen LogP contribution in [0.3, 0.4) is 0 Å². The molecule has 4 rings (SSSR count). The highest BCUT2D eigenvalue weighted by Gasteiger charge is 2.20. The fourth-order valence-corrected chi connectivity index (χ4v) is 4.29. The molecule has 0 saturated heterocycles. The number of aromatic nitrogens is 2. The molecule has 0 bridgehead atoms. The molecule has 8 nitrogen and oxygen atoms in total. The number of fused-ring (bicyclic) bond motifs is 1. The van der Waals surface area contributed by atoms with E-state index < -0.39 is 5.97 Å². The maximum atomic E-state index is 12.7. The number of carbonyl (C=O) groups excluding carboxylic acids is 1. The predicted octanol–water partition coefficient (Wildman–Crippen LogP) is 3.47. The number of methoxy groups -OCH3 is 1. The van der Waals surface area contributed by atoms with E-state index in [4.69, 9.17) is 13.6 Å². The largest absolute Gasteiger partial charge is 0.468 e. The Kier molecular flexibility index (Phi) is 5.32. The van der Waals surface area contributed by atoms with Crippen molar-refractivity contribution in [3.8, 4) is 0 Å². The lowest BCUT2D eigenvalue weighted by atomic mass is 10.2. The first-order valence-electron chi connectivity index (χ1n) is 8.93. The molecular weight excluding hydrogens is 394 g/mol. The summed E-state index contributed by atoms with van der Waals surface area (Å²) >= 11 is 1.16. The van der Waals surface area contributed by atoms with Gasteiger partial charge in [0.1, 0.15) is 27.1 Å². The van der Waals surface area contributed by atoms with Crippen molar-refractivity contribution in [1.82, 2.24) is 14.9 Å². The van der Waals surface area contributed by atoms with Crippen LogP contribution in [0.5, 0.6) is 0 Å². The molecule has 0 aliphatic carbocycles. The van der Waals surface area contributed by atoms with Crippen LogP contribution in [0, 0.1) is 6.92 Å². The number of rotatable bonds is 7. The molecule has 0 radical (unpaired) electrons. The van der Waals surface area contributed by atoms with Gasteiger partial charge in [-0.25, -0.2) is 9.78 Å². The van der Waals surface area contributed by atoms with Gasteiger partial charge in [-0.05, 0) is 36.8 Å². The van der Waals surface area contributed by atoms with Gasteiger partial charge >= 0.3 is 5.97 Å². The zero-order valence-corrected chi connectivity index (χ0v) is 16.7. The van der Waals surface area contributed by atoms with Gasteiger partial charge in [-0.3, -0.25) is 9.69 Å². The molecule has 0 unspecified atom stereocenters. The highest BCUT2D eigenvalue weighted by atomic mass is 32.1. The summed E-state index contributed by atoms with van der Waals surface area (Å²) in [5.74, 6) is 1.61. The van der Waals surface area contributed by atoms with Crippen molar-refractivity contribution in [2.45, 2.75) is 26.6 Å². The number of H-pyrrole nitrogens is 1. The van der Waals surface area contributed by atoms with Gasteiger partial charge in [0.25, 0.3) is 5.56 Å². The van der Waals surface area contributed by atoms with Crippen LogP contribution in [0.2, 0.25) is 0 Å². The van der Waals surface area contributed by atoms with Crippen molar-refractivity contribution in [1.29, 1.82) is 0 Å². The van der Waals surface area contributed by atoms with E-state index in [9.17, 15) is 9.59 Å².